The van der Waals surface area contributed by atoms with Crippen molar-refractivity contribution in [3.63, 3.8) is 0 Å². The van der Waals surface area contributed by atoms with Crippen LogP contribution in [0.3, 0.4) is 0 Å². The molecule has 1 aromatic heterocycles. The molecule has 3 aliphatic rings. The van der Waals surface area contributed by atoms with Crippen molar-refractivity contribution in [2.75, 3.05) is 25.9 Å². The molecule has 1 aliphatic heterocycles. The van der Waals surface area contributed by atoms with E-state index in [0.717, 1.165) is 57.3 Å². The minimum absolute atomic E-state index is 0.0789. The number of nitrogens with one attached hydrogen (secondary N) is 1. The number of nitrogen functional groups attached to an aromatic ring is 1. The van der Waals surface area contributed by atoms with Gasteiger partial charge in [-0.3, -0.25) is 4.90 Å². The predicted molar refractivity (Wildman–Crippen MR) is 101 cm³/mol. The number of nitrogens with zero attached hydrogens (tertiary/aromatic N) is 4. The third kappa shape index (κ3) is 3.49. The van der Waals surface area contributed by atoms with Gasteiger partial charge in [-0.1, -0.05) is 6.92 Å². The Kier molecular flexibility index (Phi) is 4.73. The standard InChI is InChI=1S/C19H30N6O/c1-3-6-25-11-14(22-19(26)24(2)15-4-5-15)7-12-8-16-13(9-17(12)25)10-21-18(20)23-16/h10,12,14-15,17H,3-9,11H2,1-2H3,(H,22,26)(H2,20,21,23)/t12-,14+,17?/m1/s1. The Morgan fingerprint density at radius 1 is 1.42 bits per heavy atom. The molecular formula is C19H30N6O. The van der Waals surface area contributed by atoms with Gasteiger partial charge in [-0.15, -0.1) is 0 Å². The number of likely N-dealkylation sites (tertiary alicyclic amines) is 1. The lowest BCUT2D eigenvalue weighted by molar-refractivity contribution is 0.0628. The minimum Gasteiger partial charge on any atom is -0.368 e. The number of amides is 2. The van der Waals surface area contributed by atoms with Crippen LogP contribution in [0.25, 0.3) is 0 Å². The first-order chi connectivity index (χ1) is 12.5. The first-order valence-electron chi connectivity index (χ1n) is 9.92. The minimum atomic E-state index is 0.0789. The molecule has 0 bridgehead atoms. The van der Waals surface area contributed by atoms with Crippen LogP contribution >= 0.6 is 0 Å². The van der Waals surface area contributed by atoms with Crippen molar-refractivity contribution in [2.24, 2.45) is 5.92 Å². The fourth-order valence-corrected chi connectivity index (χ4v) is 4.66. The lowest BCUT2D eigenvalue weighted by atomic mass is 9.76. The lowest BCUT2D eigenvalue weighted by Crippen LogP contribution is -2.59. The van der Waals surface area contributed by atoms with Gasteiger partial charge in [0.25, 0.3) is 0 Å². The zero-order valence-corrected chi connectivity index (χ0v) is 15.8. The number of aromatic nitrogens is 2. The number of carbonyl (C=O) groups is 1. The van der Waals surface area contributed by atoms with Crippen molar-refractivity contribution in [3.8, 4) is 0 Å². The maximum absolute atomic E-state index is 12.5. The lowest BCUT2D eigenvalue weighted by Gasteiger charge is -2.47. The quantitative estimate of drug-likeness (QED) is 0.850. The highest BCUT2D eigenvalue weighted by Crippen LogP contribution is 2.35. The molecule has 0 radical (unpaired) electrons. The summed E-state index contributed by atoms with van der Waals surface area (Å²) in [7, 11) is 1.92. The third-order valence-electron chi connectivity index (χ3n) is 6.17. The van der Waals surface area contributed by atoms with E-state index in [0.29, 0.717) is 23.9 Å². The maximum atomic E-state index is 12.5. The van der Waals surface area contributed by atoms with E-state index in [9.17, 15) is 4.79 Å². The largest absolute Gasteiger partial charge is 0.368 e. The Bertz CT molecular complexity index is 676. The van der Waals surface area contributed by atoms with E-state index < -0.39 is 0 Å². The first-order valence-corrected chi connectivity index (χ1v) is 9.92. The number of carbonyl (C=O) groups excluding carboxylic acids is 1. The van der Waals surface area contributed by atoms with Crippen molar-refractivity contribution in [2.45, 2.75) is 63.6 Å². The highest BCUT2D eigenvalue weighted by molar-refractivity contribution is 5.75. The SMILES string of the molecule is CCCN1C[C@@H](NC(=O)N(C)C2CC2)C[C@@H]2Cc3nc(N)ncc3CC21. The van der Waals surface area contributed by atoms with Crippen LogP contribution in [0.5, 0.6) is 0 Å². The number of anilines is 1. The molecule has 2 amide bonds. The molecule has 1 saturated carbocycles. The summed E-state index contributed by atoms with van der Waals surface area (Å²) in [5.74, 6) is 0.868. The Labute approximate surface area is 155 Å². The van der Waals surface area contributed by atoms with Gasteiger partial charge >= 0.3 is 6.03 Å². The highest BCUT2D eigenvalue weighted by Gasteiger charge is 2.40. The molecule has 0 aromatic carbocycles. The van der Waals surface area contributed by atoms with Crippen LogP contribution in [0.4, 0.5) is 10.7 Å². The molecule has 2 heterocycles. The Balaban J connectivity index is 1.48. The fraction of sp³-hybridized carbons (Fsp3) is 0.737. The monoisotopic (exact) mass is 358 g/mol. The van der Waals surface area contributed by atoms with Gasteiger partial charge in [-0.25, -0.2) is 14.8 Å². The van der Waals surface area contributed by atoms with Gasteiger partial charge in [0.05, 0.1) is 0 Å². The van der Waals surface area contributed by atoms with Crippen LogP contribution in [0.1, 0.15) is 43.9 Å². The van der Waals surface area contributed by atoms with Crippen molar-refractivity contribution in [3.05, 3.63) is 17.5 Å². The molecule has 2 aliphatic carbocycles. The Morgan fingerprint density at radius 2 is 2.23 bits per heavy atom. The van der Waals surface area contributed by atoms with E-state index in [1.54, 1.807) is 0 Å². The summed E-state index contributed by atoms with van der Waals surface area (Å²) in [6, 6.07) is 1.25. The smallest absolute Gasteiger partial charge is 0.317 e. The second kappa shape index (κ2) is 7.02. The molecule has 1 aromatic rings. The maximum Gasteiger partial charge on any atom is 0.317 e. The summed E-state index contributed by atoms with van der Waals surface area (Å²) >= 11 is 0. The molecular weight excluding hydrogens is 328 g/mol. The Hall–Kier alpha value is -1.89. The van der Waals surface area contributed by atoms with E-state index in [4.69, 9.17) is 5.73 Å². The number of hydrogen-bond acceptors (Lipinski definition) is 5. The highest BCUT2D eigenvalue weighted by atomic mass is 16.2. The van der Waals surface area contributed by atoms with E-state index in [2.05, 4.69) is 27.1 Å². The number of rotatable bonds is 4. The van der Waals surface area contributed by atoms with Crippen molar-refractivity contribution >= 4 is 12.0 Å². The molecule has 1 saturated heterocycles. The molecule has 4 rings (SSSR count). The van der Waals surface area contributed by atoms with Crippen LogP contribution in [0.2, 0.25) is 0 Å². The third-order valence-corrected chi connectivity index (χ3v) is 6.17. The van der Waals surface area contributed by atoms with Gasteiger partial charge in [-0.2, -0.15) is 0 Å². The van der Waals surface area contributed by atoms with Crippen LogP contribution in [0, 0.1) is 5.92 Å². The van der Waals surface area contributed by atoms with Crippen LogP contribution < -0.4 is 11.1 Å². The van der Waals surface area contributed by atoms with Gasteiger partial charge in [0.2, 0.25) is 5.95 Å². The Morgan fingerprint density at radius 3 is 2.96 bits per heavy atom. The summed E-state index contributed by atoms with van der Waals surface area (Å²) in [4.78, 5) is 25.6. The van der Waals surface area contributed by atoms with Crippen LogP contribution in [-0.2, 0) is 12.8 Å². The van der Waals surface area contributed by atoms with Gasteiger partial charge in [0.15, 0.2) is 0 Å². The summed E-state index contributed by atoms with van der Waals surface area (Å²) in [5, 5.41) is 3.28. The van der Waals surface area contributed by atoms with E-state index >= 15 is 0 Å². The molecule has 7 heteroatoms. The number of piperidine rings is 1. The van der Waals surface area contributed by atoms with Crippen molar-refractivity contribution < 1.29 is 4.79 Å². The molecule has 1 unspecified atom stereocenters. The van der Waals surface area contributed by atoms with Crippen LogP contribution in [0.15, 0.2) is 6.20 Å². The molecule has 3 atom stereocenters. The summed E-state index contributed by atoms with van der Waals surface area (Å²) in [6.07, 6.45) is 8.23. The fourth-order valence-electron chi connectivity index (χ4n) is 4.66. The van der Waals surface area contributed by atoms with Gasteiger partial charge < -0.3 is 16.0 Å². The summed E-state index contributed by atoms with van der Waals surface area (Å²) < 4.78 is 0. The summed E-state index contributed by atoms with van der Waals surface area (Å²) in [5.41, 5.74) is 8.12. The van der Waals surface area contributed by atoms with E-state index in [1.165, 1.54) is 5.56 Å². The van der Waals surface area contributed by atoms with E-state index in [1.807, 2.05) is 18.1 Å². The second-order valence-electron chi connectivity index (χ2n) is 8.15. The predicted octanol–water partition coefficient (Wildman–Crippen LogP) is 1.43. The molecule has 0 spiro atoms. The average Bonchev–Trinajstić information content (AvgIpc) is 3.45. The zero-order chi connectivity index (χ0) is 18.3. The normalized spacial score (nSPS) is 28.2. The summed E-state index contributed by atoms with van der Waals surface area (Å²) in [6.45, 7) is 4.22. The topological polar surface area (TPSA) is 87.4 Å². The second-order valence-corrected chi connectivity index (χ2v) is 8.15. The van der Waals surface area contributed by atoms with Crippen LogP contribution in [-0.4, -0.2) is 64.1 Å². The van der Waals surface area contributed by atoms with Crippen molar-refractivity contribution in [1.29, 1.82) is 0 Å². The average molecular weight is 358 g/mol. The molecule has 7 nitrogen and oxygen atoms in total. The van der Waals surface area contributed by atoms with E-state index in [-0.39, 0.29) is 12.1 Å². The molecule has 2 fully saturated rings. The first kappa shape index (κ1) is 17.5. The van der Waals surface area contributed by atoms with Gasteiger partial charge in [0.1, 0.15) is 0 Å². The molecule has 26 heavy (non-hydrogen) atoms. The zero-order valence-electron chi connectivity index (χ0n) is 15.8. The molecule has 3 N–H and O–H groups in total. The van der Waals surface area contributed by atoms with Crippen molar-refractivity contribution in [1.82, 2.24) is 25.1 Å². The molecule has 142 valence electrons. The van der Waals surface area contributed by atoms with Gasteiger partial charge in [0, 0.05) is 43.6 Å². The van der Waals surface area contributed by atoms with Gasteiger partial charge in [-0.05, 0) is 56.6 Å². The number of nitrogens with two attached hydrogens (primary N) is 1. The number of urea groups is 1. The number of hydrogen-bond donors (Lipinski definition) is 2. The number of fused-ring (bicyclic) bond motifs is 2.